The van der Waals surface area contributed by atoms with Gasteiger partial charge in [-0.3, -0.25) is 0 Å². The Morgan fingerprint density at radius 2 is 1.94 bits per heavy atom. The quantitative estimate of drug-likeness (QED) is 0.550. The zero-order chi connectivity index (χ0) is 13.6. The molecule has 0 saturated carbocycles. The number of halogens is 3. The van der Waals surface area contributed by atoms with Crippen LogP contribution in [0.15, 0.2) is 22.7 Å². The third kappa shape index (κ3) is 7.18. The number of benzene rings is 1. The molecule has 0 aliphatic carbocycles. The highest BCUT2D eigenvalue weighted by Crippen LogP contribution is 2.20. The van der Waals surface area contributed by atoms with Crippen molar-refractivity contribution in [2.24, 2.45) is 0 Å². The zero-order valence-corrected chi connectivity index (χ0v) is 12.7. The number of rotatable bonds is 7. The van der Waals surface area contributed by atoms with Crippen molar-refractivity contribution in [3.63, 3.8) is 0 Å². The molecule has 0 unspecified atom stereocenters. The van der Waals surface area contributed by atoms with Crippen molar-refractivity contribution in [1.29, 1.82) is 0 Å². The Bertz CT molecular complexity index is 473. The van der Waals surface area contributed by atoms with Gasteiger partial charge in [-0.05, 0) is 31.4 Å². The van der Waals surface area contributed by atoms with Crippen LogP contribution >= 0.6 is 26.6 Å². The molecule has 18 heavy (non-hydrogen) atoms. The minimum Gasteiger partial charge on any atom is -0.493 e. The predicted octanol–water partition coefficient (Wildman–Crippen LogP) is 3.71. The summed E-state index contributed by atoms with van der Waals surface area (Å²) < 4.78 is 40.3. The molecule has 0 aromatic heterocycles. The van der Waals surface area contributed by atoms with Crippen LogP contribution in [0.2, 0.25) is 0 Å². The van der Waals surface area contributed by atoms with E-state index in [4.69, 9.17) is 15.4 Å². The van der Waals surface area contributed by atoms with E-state index in [1.54, 1.807) is 6.07 Å². The maximum absolute atomic E-state index is 13.0. The van der Waals surface area contributed by atoms with Gasteiger partial charge in [0.15, 0.2) is 0 Å². The highest BCUT2D eigenvalue weighted by atomic mass is 79.9. The topological polar surface area (TPSA) is 43.4 Å². The van der Waals surface area contributed by atoms with E-state index in [1.807, 2.05) is 0 Å². The maximum atomic E-state index is 13.0. The van der Waals surface area contributed by atoms with Gasteiger partial charge in [-0.25, -0.2) is 12.8 Å². The second-order valence-corrected chi connectivity index (χ2v) is 7.57. The normalized spacial score (nSPS) is 11.5. The maximum Gasteiger partial charge on any atom is 0.232 e. The first kappa shape index (κ1) is 15.7. The highest BCUT2D eigenvalue weighted by Gasteiger charge is 2.04. The Balaban J connectivity index is 2.22. The Labute approximate surface area is 119 Å². The largest absolute Gasteiger partial charge is 0.493 e. The second kappa shape index (κ2) is 7.31. The van der Waals surface area contributed by atoms with Crippen LogP contribution in [0.25, 0.3) is 0 Å². The van der Waals surface area contributed by atoms with Crippen molar-refractivity contribution in [1.82, 2.24) is 0 Å². The monoisotopic (exact) mass is 358 g/mol. The molecule has 0 aliphatic rings. The summed E-state index contributed by atoms with van der Waals surface area (Å²) in [6, 6.07) is 4.32. The Kier molecular flexibility index (Phi) is 6.38. The van der Waals surface area contributed by atoms with Gasteiger partial charge in [-0.2, -0.15) is 0 Å². The van der Waals surface area contributed by atoms with E-state index >= 15 is 0 Å². The van der Waals surface area contributed by atoms with E-state index in [1.165, 1.54) is 12.1 Å². The van der Waals surface area contributed by atoms with Gasteiger partial charge in [-0.1, -0.05) is 15.9 Å². The van der Waals surface area contributed by atoms with Crippen LogP contribution in [0.4, 0.5) is 4.39 Å². The lowest BCUT2D eigenvalue weighted by atomic mass is 10.2. The molecule has 0 saturated heterocycles. The van der Waals surface area contributed by atoms with Gasteiger partial charge < -0.3 is 4.74 Å². The standard InChI is InChI=1S/C11H13BrClFO3S/c12-9-6-10(14)8-11(7-9)17-4-2-1-3-5-18(13,15)16/h6-8H,1-5H2. The summed E-state index contributed by atoms with van der Waals surface area (Å²) in [6.45, 7) is 0.415. The molecular formula is C11H13BrClFO3S. The lowest BCUT2D eigenvalue weighted by Crippen LogP contribution is -2.01. The van der Waals surface area contributed by atoms with Gasteiger partial charge in [0.25, 0.3) is 0 Å². The fraction of sp³-hybridized carbons (Fsp3) is 0.455. The van der Waals surface area contributed by atoms with Crippen LogP contribution in [0.1, 0.15) is 19.3 Å². The van der Waals surface area contributed by atoms with E-state index in [9.17, 15) is 12.8 Å². The Morgan fingerprint density at radius 3 is 2.56 bits per heavy atom. The third-order valence-electron chi connectivity index (χ3n) is 2.14. The van der Waals surface area contributed by atoms with Crippen molar-refractivity contribution in [3.8, 4) is 5.75 Å². The summed E-state index contributed by atoms with van der Waals surface area (Å²) in [4.78, 5) is 0. The summed E-state index contributed by atoms with van der Waals surface area (Å²) in [5.74, 6) is 0.0551. The summed E-state index contributed by atoms with van der Waals surface area (Å²) in [6.07, 6.45) is 1.89. The molecule has 1 aromatic rings. The van der Waals surface area contributed by atoms with Crippen molar-refractivity contribution in [2.75, 3.05) is 12.4 Å². The second-order valence-electron chi connectivity index (χ2n) is 3.76. The van der Waals surface area contributed by atoms with Gasteiger partial charge in [0.05, 0.1) is 12.4 Å². The molecular weight excluding hydrogens is 347 g/mol. The Hall–Kier alpha value is -0.330. The molecule has 3 nitrogen and oxygen atoms in total. The van der Waals surface area contributed by atoms with Crippen molar-refractivity contribution in [2.45, 2.75) is 19.3 Å². The van der Waals surface area contributed by atoms with Gasteiger partial charge in [0.1, 0.15) is 11.6 Å². The van der Waals surface area contributed by atoms with E-state index in [-0.39, 0.29) is 11.6 Å². The predicted molar refractivity (Wildman–Crippen MR) is 73.1 cm³/mol. The van der Waals surface area contributed by atoms with E-state index in [0.29, 0.717) is 36.1 Å². The molecule has 0 heterocycles. The van der Waals surface area contributed by atoms with E-state index in [2.05, 4.69) is 15.9 Å². The summed E-state index contributed by atoms with van der Waals surface area (Å²) >= 11 is 3.17. The molecule has 0 bridgehead atoms. The minimum absolute atomic E-state index is 0.0277. The molecule has 102 valence electrons. The van der Waals surface area contributed by atoms with E-state index < -0.39 is 9.05 Å². The highest BCUT2D eigenvalue weighted by molar-refractivity contribution is 9.10. The summed E-state index contributed by atoms with van der Waals surface area (Å²) in [7, 11) is 1.67. The van der Waals surface area contributed by atoms with Crippen molar-refractivity contribution >= 4 is 35.7 Å². The van der Waals surface area contributed by atoms with Gasteiger partial charge >= 0.3 is 0 Å². The molecule has 0 amide bonds. The zero-order valence-electron chi connectivity index (χ0n) is 9.53. The lowest BCUT2D eigenvalue weighted by Gasteiger charge is -2.06. The van der Waals surface area contributed by atoms with Crippen LogP contribution in [0.5, 0.6) is 5.75 Å². The van der Waals surface area contributed by atoms with Crippen LogP contribution < -0.4 is 4.74 Å². The first-order valence-electron chi connectivity index (χ1n) is 5.38. The number of ether oxygens (including phenoxy) is 1. The fourth-order valence-corrected chi connectivity index (χ4v) is 2.68. The number of hydrogen-bond acceptors (Lipinski definition) is 3. The molecule has 1 aromatic carbocycles. The first-order valence-corrected chi connectivity index (χ1v) is 8.65. The summed E-state index contributed by atoms with van der Waals surface area (Å²) in [5.41, 5.74) is 0. The molecule has 0 N–H and O–H groups in total. The summed E-state index contributed by atoms with van der Waals surface area (Å²) in [5, 5.41) is 0. The average Bonchev–Trinajstić information content (AvgIpc) is 2.20. The first-order chi connectivity index (χ1) is 8.37. The van der Waals surface area contributed by atoms with Crippen LogP contribution in [-0.2, 0) is 9.05 Å². The van der Waals surface area contributed by atoms with Crippen LogP contribution in [-0.4, -0.2) is 20.8 Å². The number of hydrogen-bond donors (Lipinski definition) is 0. The molecule has 0 spiro atoms. The molecule has 0 radical (unpaired) electrons. The SMILES string of the molecule is O=S(=O)(Cl)CCCCCOc1cc(F)cc(Br)c1. The van der Waals surface area contributed by atoms with Gasteiger partial charge in [0, 0.05) is 21.2 Å². The fourth-order valence-electron chi connectivity index (χ4n) is 1.36. The molecule has 7 heteroatoms. The lowest BCUT2D eigenvalue weighted by molar-refractivity contribution is 0.304. The van der Waals surface area contributed by atoms with Gasteiger partial charge in [0.2, 0.25) is 9.05 Å². The van der Waals surface area contributed by atoms with Crippen molar-refractivity contribution < 1.29 is 17.5 Å². The van der Waals surface area contributed by atoms with Crippen LogP contribution in [0.3, 0.4) is 0 Å². The van der Waals surface area contributed by atoms with Crippen molar-refractivity contribution in [3.05, 3.63) is 28.5 Å². The minimum atomic E-state index is -3.40. The number of unbranched alkanes of at least 4 members (excludes halogenated alkanes) is 2. The third-order valence-corrected chi connectivity index (χ3v) is 3.83. The van der Waals surface area contributed by atoms with Gasteiger partial charge in [-0.15, -0.1) is 0 Å². The molecule has 0 atom stereocenters. The average molecular weight is 360 g/mol. The van der Waals surface area contributed by atoms with Crippen LogP contribution in [0, 0.1) is 5.82 Å². The molecule has 0 aliphatic heterocycles. The molecule has 1 rings (SSSR count). The Morgan fingerprint density at radius 1 is 1.22 bits per heavy atom. The smallest absolute Gasteiger partial charge is 0.232 e. The molecule has 0 fully saturated rings. The van der Waals surface area contributed by atoms with E-state index in [0.717, 1.165) is 0 Å².